The van der Waals surface area contributed by atoms with Gasteiger partial charge in [0.1, 0.15) is 0 Å². The molecule has 0 aromatic carbocycles. The van der Waals surface area contributed by atoms with E-state index in [1.807, 2.05) is 0 Å². The number of ether oxygens (including phenoxy) is 1. The molecule has 37 heavy (non-hydrogen) atoms. The lowest BCUT2D eigenvalue weighted by atomic mass is 10.2. The van der Waals surface area contributed by atoms with Gasteiger partial charge >= 0.3 is 0 Å². The van der Waals surface area contributed by atoms with Crippen LogP contribution in [0.3, 0.4) is 0 Å². The second-order valence-electron chi connectivity index (χ2n) is 12.2. The molecule has 4 heterocycles. The first-order valence-corrected chi connectivity index (χ1v) is 15.0. The van der Waals surface area contributed by atoms with E-state index >= 15 is 0 Å². The number of aliphatic hydroxyl groups is 2. The summed E-state index contributed by atoms with van der Waals surface area (Å²) in [7, 11) is 2.19. The Bertz CT molecular complexity index is 513. The van der Waals surface area contributed by atoms with Crippen LogP contribution >= 0.6 is 0 Å². The highest BCUT2D eigenvalue weighted by Crippen LogP contribution is 2.12. The SMILES string of the molecule is CC(C)N1CCN(C)CC1.CC(C)N1CCOCC1.CC(C)N1CC[C@@H](O)C1.CC(C)N1CC[C@H](O)C1. The Balaban J connectivity index is 0.000000247. The van der Waals surface area contributed by atoms with Crippen LogP contribution in [-0.4, -0.2) is 157 Å². The number of β-amino-alcohol motifs (C(OH)–C–C–N with tert-alkyl or cyclic N) is 2. The van der Waals surface area contributed by atoms with Crippen LogP contribution in [0.1, 0.15) is 68.2 Å². The van der Waals surface area contributed by atoms with E-state index in [4.69, 9.17) is 14.9 Å². The van der Waals surface area contributed by atoms with Crippen molar-refractivity contribution in [2.24, 2.45) is 0 Å². The van der Waals surface area contributed by atoms with Gasteiger partial charge in [0.15, 0.2) is 0 Å². The molecule has 0 aromatic heterocycles. The van der Waals surface area contributed by atoms with E-state index in [0.717, 1.165) is 71.4 Å². The van der Waals surface area contributed by atoms with Gasteiger partial charge in [0, 0.05) is 89.6 Å². The number of likely N-dealkylation sites (N-methyl/N-ethyl adjacent to an activating group) is 1. The quantitative estimate of drug-likeness (QED) is 0.575. The number of piperazine rings is 1. The Morgan fingerprint density at radius 3 is 1.11 bits per heavy atom. The standard InChI is InChI=1S/C8H18N2.3C7H15NO/c1-8(2)10-6-4-9(3)5-7-10;1-7(2)8-3-5-9-6-4-8;2*1-6(2)8-4-3-7(9)5-8/h8H,4-7H2,1-3H3;7H,3-6H2,1-2H3;2*6-7,9H,3-5H2,1-2H3/t;;2*7-/m..10/s1. The highest BCUT2D eigenvalue weighted by Gasteiger charge is 2.22. The average molecular weight is 530 g/mol. The second-order valence-corrected chi connectivity index (χ2v) is 12.2. The van der Waals surface area contributed by atoms with Crippen molar-refractivity contribution in [3.8, 4) is 0 Å². The third-order valence-corrected chi connectivity index (χ3v) is 7.89. The molecule has 4 aliphatic rings. The lowest BCUT2D eigenvalue weighted by molar-refractivity contribution is 0.0238. The molecule has 0 aliphatic carbocycles. The third-order valence-electron chi connectivity index (χ3n) is 7.89. The van der Waals surface area contributed by atoms with E-state index in [9.17, 15) is 0 Å². The highest BCUT2D eigenvalue weighted by atomic mass is 16.5. The summed E-state index contributed by atoms with van der Waals surface area (Å²) in [5.41, 5.74) is 0. The number of likely N-dealkylation sites (tertiary alicyclic amines) is 2. The van der Waals surface area contributed by atoms with Gasteiger partial charge in [-0.15, -0.1) is 0 Å². The molecule has 8 nitrogen and oxygen atoms in total. The molecule has 0 aromatic rings. The predicted octanol–water partition coefficient (Wildman–Crippen LogP) is 2.29. The number of morpholine rings is 1. The number of aliphatic hydroxyl groups excluding tert-OH is 2. The van der Waals surface area contributed by atoms with Crippen LogP contribution in [0.5, 0.6) is 0 Å². The largest absolute Gasteiger partial charge is 0.392 e. The van der Waals surface area contributed by atoms with Crippen LogP contribution in [-0.2, 0) is 4.74 Å². The first-order chi connectivity index (χ1) is 17.4. The summed E-state index contributed by atoms with van der Waals surface area (Å²) in [6.07, 6.45) is 1.79. The molecule has 4 fully saturated rings. The highest BCUT2D eigenvalue weighted by molar-refractivity contribution is 4.77. The van der Waals surface area contributed by atoms with Crippen LogP contribution in [0.15, 0.2) is 0 Å². The van der Waals surface area contributed by atoms with Gasteiger partial charge in [-0.05, 0) is 75.3 Å². The van der Waals surface area contributed by atoms with Gasteiger partial charge in [0.25, 0.3) is 0 Å². The number of hydrogen-bond acceptors (Lipinski definition) is 8. The first-order valence-electron chi connectivity index (χ1n) is 15.0. The van der Waals surface area contributed by atoms with Crippen molar-refractivity contribution < 1.29 is 14.9 Å². The topological polar surface area (TPSA) is 65.9 Å². The molecule has 2 atom stereocenters. The van der Waals surface area contributed by atoms with E-state index in [2.05, 4.69) is 86.9 Å². The maximum atomic E-state index is 9.11. The molecule has 222 valence electrons. The molecular formula is C29H63N5O3. The number of hydrogen-bond donors (Lipinski definition) is 2. The van der Waals surface area contributed by atoms with E-state index in [1.165, 1.54) is 26.2 Å². The summed E-state index contributed by atoms with van der Waals surface area (Å²) in [4.78, 5) is 11.9. The smallest absolute Gasteiger partial charge is 0.0679 e. The molecule has 0 radical (unpaired) electrons. The van der Waals surface area contributed by atoms with Gasteiger partial charge in [-0.1, -0.05) is 0 Å². The van der Waals surface area contributed by atoms with Gasteiger partial charge in [0.2, 0.25) is 0 Å². The van der Waals surface area contributed by atoms with E-state index in [0.29, 0.717) is 18.1 Å². The van der Waals surface area contributed by atoms with Crippen molar-refractivity contribution >= 4 is 0 Å². The van der Waals surface area contributed by atoms with Crippen molar-refractivity contribution in [3.05, 3.63) is 0 Å². The van der Waals surface area contributed by atoms with Crippen molar-refractivity contribution in [2.75, 3.05) is 85.7 Å². The lowest BCUT2D eigenvalue weighted by Crippen LogP contribution is -2.47. The predicted molar refractivity (Wildman–Crippen MR) is 156 cm³/mol. The zero-order chi connectivity index (χ0) is 28.0. The summed E-state index contributed by atoms with van der Waals surface area (Å²) in [5.74, 6) is 0. The van der Waals surface area contributed by atoms with Gasteiger partial charge in [0.05, 0.1) is 25.4 Å². The molecule has 2 N–H and O–H groups in total. The lowest BCUT2D eigenvalue weighted by Gasteiger charge is -2.34. The molecule has 0 unspecified atom stereocenters. The minimum absolute atomic E-state index is 0.0626. The molecular weight excluding hydrogens is 466 g/mol. The van der Waals surface area contributed by atoms with Crippen molar-refractivity contribution in [2.45, 2.75) is 105 Å². The van der Waals surface area contributed by atoms with Crippen LogP contribution in [0.4, 0.5) is 0 Å². The van der Waals surface area contributed by atoms with Gasteiger partial charge in [-0.2, -0.15) is 0 Å². The average Bonchev–Trinajstić information content (AvgIpc) is 3.50. The first kappa shape index (κ1) is 34.7. The van der Waals surface area contributed by atoms with Crippen LogP contribution in [0, 0.1) is 0 Å². The Labute approximate surface area is 229 Å². The number of nitrogens with zero attached hydrogens (tertiary/aromatic N) is 5. The minimum Gasteiger partial charge on any atom is -0.392 e. The van der Waals surface area contributed by atoms with Gasteiger partial charge in [-0.25, -0.2) is 0 Å². The van der Waals surface area contributed by atoms with Crippen molar-refractivity contribution in [3.63, 3.8) is 0 Å². The fourth-order valence-corrected chi connectivity index (χ4v) is 4.91. The molecule has 0 saturated carbocycles. The summed E-state index contributed by atoms with van der Waals surface area (Å²) < 4.78 is 5.21. The fraction of sp³-hybridized carbons (Fsp3) is 1.00. The fourth-order valence-electron chi connectivity index (χ4n) is 4.91. The normalized spacial score (nSPS) is 26.7. The second kappa shape index (κ2) is 18.9. The van der Waals surface area contributed by atoms with E-state index in [1.54, 1.807) is 0 Å². The number of rotatable bonds is 4. The van der Waals surface area contributed by atoms with E-state index in [-0.39, 0.29) is 12.2 Å². The van der Waals surface area contributed by atoms with Crippen molar-refractivity contribution in [1.82, 2.24) is 24.5 Å². The zero-order valence-electron chi connectivity index (χ0n) is 25.9. The summed E-state index contributed by atoms with van der Waals surface area (Å²) in [6.45, 7) is 30.5. The van der Waals surface area contributed by atoms with Crippen LogP contribution in [0.25, 0.3) is 0 Å². The van der Waals surface area contributed by atoms with E-state index < -0.39 is 0 Å². The molecule has 0 bridgehead atoms. The molecule has 8 heteroatoms. The summed E-state index contributed by atoms with van der Waals surface area (Å²) >= 11 is 0. The molecule has 0 spiro atoms. The molecule has 4 saturated heterocycles. The van der Waals surface area contributed by atoms with Crippen molar-refractivity contribution in [1.29, 1.82) is 0 Å². The third kappa shape index (κ3) is 15.2. The Kier molecular flexibility index (Phi) is 17.7. The molecule has 0 amide bonds. The Morgan fingerprint density at radius 2 is 0.865 bits per heavy atom. The Morgan fingerprint density at radius 1 is 0.514 bits per heavy atom. The maximum Gasteiger partial charge on any atom is 0.0679 e. The van der Waals surface area contributed by atoms with Gasteiger partial charge < -0.3 is 19.8 Å². The molecule has 4 rings (SSSR count). The van der Waals surface area contributed by atoms with Crippen LogP contribution < -0.4 is 0 Å². The van der Waals surface area contributed by atoms with Gasteiger partial charge in [-0.3, -0.25) is 19.6 Å². The summed E-state index contributed by atoms with van der Waals surface area (Å²) in [6, 6.07) is 2.62. The van der Waals surface area contributed by atoms with Crippen LogP contribution in [0.2, 0.25) is 0 Å². The maximum absolute atomic E-state index is 9.11. The zero-order valence-corrected chi connectivity index (χ0v) is 25.9. The Hall–Kier alpha value is -0.320. The summed E-state index contributed by atoms with van der Waals surface area (Å²) in [5, 5.41) is 18.2. The monoisotopic (exact) mass is 529 g/mol. The minimum atomic E-state index is -0.0626. The molecule has 4 aliphatic heterocycles.